The van der Waals surface area contributed by atoms with Gasteiger partial charge in [0.05, 0.1) is 28.9 Å². The predicted octanol–water partition coefficient (Wildman–Crippen LogP) is 2.62. The number of imidazole rings is 1. The highest BCUT2D eigenvalue weighted by atomic mass is 32.2. The molecule has 1 saturated heterocycles. The van der Waals surface area contributed by atoms with E-state index in [2.05, 4.69) is 20.5 Å². The maximum atomic E-state index is 13.0. The summed E-state index contributed by atoms with van der Waals surface area (Å²) < 4.78 is 29.7. The number of benzene rings is 2. The number of sulfonamides is 1. The Kier molecular flexibility index (Phi) is 4.75. The molecule has 4 rings (SSSR count). The molecule has 0 unspecified atom stereocenters. The van der Waals surface area contributed by atoms with E-state index in [1.54, 1.807) is 10.4 Å². The molecule has 3 aromatic rings. The van der Waals surface area contributed by atoms with Crippen molar-refractivity contribution in [2.24, 2.45) is 0 Å². The zero-order chi connectivity index (χ0) is 19.0. The maximum absolute atomic E-state index is 13.0. The van der Waals surface area contributed by atoms with Gasteiger partial charge in [-0.2, -0.15) is 4.31 Å². The van der Waals surface area contributed by atoms with E-state index in [1.807, 2.05) is 50.5 Å². The number of piperazine rings is 1. The Bertz CT molecular complexity index is 1070. The third-order valence-electron chi connectivity index (χ3n) is 5.16. The summed E-state index contributed by atoms with van der Waals surface area (Å²) in [4.78, 5) is 7.11. The zero-order valence-electron chi connectivity index (χ0n) is 15.7. The first-order valence-corrected chi connectivity index (χ1v) is 10.6. The lowest BCUT2D eigenvalue weighted by molar-refractivity contribution is 0.154. The average molecular weight is 385 g/mol. The van der Waals surface area contributed by atoms with E-state index in [9.17, 15) is 8.42 Å². The minimum absolute atomic E-state index is 0.419. The van der Waals surface area contributed by atoms with E-state index < -0.39 is 10.0 Å². The van der Waals surface area contributed by atoms with Crippen molar-refractivity contribution < 1.29 is 8.42 Å². The van der Waals surface area contributed by atoms with Crippen LogP contribution in [-0.4, -0.2) is 53.4 Å². The van der Waals surface area contributed by atoms with Gasteiger partial charge in [0.1, 0.15) is 0 Å². The third kappa shape index (κ3) is 3.50. The van der Waals surface area contributed by atoms with Crippen molar-refractivity contribution in [1.29, 1.82) is 0 Å². The fourth-order valence-electron chi connectivity index (χ4n) is 3.68. The highest BCUT2D eigenvalue weighted by Crippen LogP contribution is 2.22. The molecule has 2 aromatic carbocycles. The minimum Gasteiger partial charge on any atom is -0.317 e. The Morgan fingerprint density at radius 2 is 1.74 bits per heavy atom. The van der Waals surface area contributed by atoms with Gasteiger partial charge in [-0.25, -0.2) is 13.4 Å². The number of nitrogens with zero attached hydrogens (tertiary/aromatic N) is 4. The molecule has 0 spiro atoms. The van der Waals surface area contributed by atoms with Crippen LogP contribution in [0.25, 0.3) is 11.0 Å². The summed E-state index contributed by atoms with van der Waals surface area (Å²) in [6.45, 7) is 6.97. The fourth-order valence-corrected chi connectivity index (χ4v) is 5.31. The molecule has 2 heterocycles. The topological polar surface area (TPSA) is 58.4 Å². The van der Waals surface area contributed by atoms with Crippen LogP contribution in [0.15, 0.2) is 53.7 Å². The van der Waals surface area contributed by atoms with E-state index in [0.717, 1.165) is 28.8 Å². The Labute approximate surface area is 160 Å². The molecule has 27 heavy (non-hydrogen) atoms. The lowest BCUT2D eigenvalue weighted by Crippen LogP contribution is -2.48. The Morgan fingerprint density at radius 3 is 2.48 bits per heavy atom. The van der Waals surface area contributed by atoms with Gasteiger partial charge in [-0.1, -0.05) is 29.8 Å². The number of hydrogen-bond acceptors (Lipinski definition) is 4. The van der Waals surface area contributed by atoms with Crippen molar-refractivity contribution in [3.63, 3.8) is 0 Å². The minimum atomic E-state index is -3.44. The standard InChI is InChI=1S/C20H24N4O2S/c1-16-7-8-20(17(2)13-16)27(25,26)24-11-9-22(10-12-24)15-23-14-21-18-5-3-4-6-19(18)23/h3-8,13-14H,9-12,15H2,1-2H3. The van der Waals surface area contributed by atoms with Crippen LogP contribution in [0.3, 0.4) is 0 Å². The largest absolute Gasteiger partial charge is 0.317 e. The van der Waals surface area contributed by atoms with E-state index >= 15 is 0 Å². The van der Waals surface area contributed by atoms with Crippen molar-refractivity contribution in [2.45, 2.75) is 25.4 Å². The highest BCUT2D eigenvalue weighted by molar-refractivity contribution is 7.89. The first-order chi connectivity index (χ1) is 12.9. The number of aromatic nitrogens is 2. The summed E-state index contributed by atoms with van der Waals surface area (Å²) in [5.74, 6) is 0. The second-order valence-electron chi connectivity index (χ2n) is 7.14. The smallest absolute Gasteiger partial charge is 0.243 e. The van der Waals surface area contributed by atoms with Crippen molar-refractivity contribution in [2.75, 3.05) is 26.2 Å². The molecule has 1 aromatic heterocycles. The van der Waals surface area contributed by atoms with E-state index in [1.165, 1.54) is 0 Å². The molecule has 7 heteroatoms. The molecule has 0 N–H and O–H groups in total. The molecule has 0 bridgehead atoms. The summed E-state index contributed by atoms with van der Waals surface area (Å²) in [7, 11) is -3.44. The first kappa shape index (κ1) is 18.2. The van der Waals surface area contributed by atoms with Crippen molar-refractivity contribution in [3.05, 3.63) is 59.9 Å². The maximum Gasteiger partial charge on any atom is 0.243 e. The summed E-state index contributed by atoms with van der Waals surface area (Å²) in [5.41, 5.74) is 3.96. The number of rotatable bonds is 4. The molecule has 0 amide bonds. The van der Waals surface area contributed by atoms with Crippen LogP contribution in [0.4, 0.5) is 0 Å². The average Bonchev–Trinajstić information content (AvgIpc) is 3.05. The van der Waals surface area contributed by atoms with Crippen LogP contribution in [0.5, 0.6) is 0 Å². The van der Waals surface area contributed by atoms with Crippen LogP contribution in [0.2, 0.25) is 0 Å². The molecule has 0 radical (unpaired) electrons. The monoisotopic (exact) mass is 384 g/mol. The predicted molar refractivity (Wildman–Crippen MR) is 106 cm³/mol. The molecule has 142 valence electrons. The van der Waals surface area contributed by atoms with E-state index in [-0.39, 0.29) is 0 Å². The van der Waals surface area contributed by atoms with Crippen LogP contribution in [0, 0.1) is 13.8 Å². The molecular formula is C20H24N4O2S. The van der Waals surface area contributed by atoms with Gasteiger partial charge in [-0.3, -0.25) is 4.90 Å². The van der Waals surface area contributed by atoms with Gasteiger partial charge in [0.2, 0.25) is 10.0 Å². The molecule has 1 fully saturated rings. The summed E-state index contributed by atoms with van der Waals surface area (Å²) in [6.07, 6.45) is 1.85. The quantitative estimate of drug-likeness (QED) is 0.694. The molecule has 1 aliphatic rings. The van der Waals surface area contributed by atoms with Gasteiger partial charge in [-0.15, -0.1) is 0 Å². The number of fused-ring (bicyclic) bond motifs is 1. The molecule has 6 nitrogen and oxygen atoms in total. The van der Waals surface area contributed by atoms with E-state index in [0.29, 0.717) is 31.1 Å². The van der Waals surface area contributed by atoms with Gasteiger partial charge in [-0.05, 0) is 37.6 Å². The second kappa shape index (κ2) is 7.07. The van der Waals surface area contributed by atoms with Crippen molar-refractivity contribution >= 4 is 21.1 Å². The Balaban J connectivity index is 1.45. The Morgan fingerprint density at radius 1 is 1.00 bits per heavy atom. The van der Waals surface area contributed by atoms with Gasteiger partial charge in [0, 0.05) is 26.2 Å². The van der Waals surface area contributed by atoms with E-state index in [4.69, 9.17) is 0 Å². The summed E-state index contributed by atoms with van der Waals surface area (Å²) >= 11 is 0. The fraction of sp³-hybridized carbons (Fsp3) is 0.350. The summed E-state index contributed by atoms with van der Waals surface area (Å²) in [6, 6.07) is 13.6. The van der Waals surface area contributed by atoms with Crippen LogP contribution in [0.1, 0.15) is 11.1 Å². The molecule has 0 atom stereocenters. The van der Waals surface area contributed by atoms with Crippen LogP contribution >= 0.6 is 0 Å². The Hall–Kier alpha value is -2.22. The van der Waals surface area contributed by atoms with Crippen molar-refractivity contribution in [1.82, 2.24) is 18.8 Å². The van der Waals surface area contributed by atoms with Crippen molar-refractivity contribution in [3.8, 4) is 0 Å². The number of aryl methyl sites for hydroxylation is 2. The third-order valence-corrected chi connectivity index (χ3v) is 7.22. The number of para-hydroxylation sites is 2. The molecular weight excluding hydrogens is 360 g/mol. The lowest BCUT2D eigenvalue weighted by Gasteiger charge is -2.34. The number of hydrogen-bond donors (Lipinski definition) is 0. The molecule has 0 saturated carbocycles. The SMILES string of the molecule is Cc1ccc(S(=O)(=O)N2CCN(Cn3cnc4ccccc43)CC2)c(C)c1. The lowest BCUT2D eigenvalue weighted by atomic mass is 10.2. The molecule has 0 aliphatic carbocycles. The van der Waals surface area contributed by atoms with Crippen LogP contribution < -0.4 is 0 Å². The first-order valence-electron chi connectivity index (χ1n) is 9.15. The van der Waals surface area contributed by atoms with Gasteiger partial charge in [0.25, 0.3) is 0 Å². The second-order valence-corrected chi connectivity index (χ2v) is 9.04. The normalized spacial score (nSPS) is 16.8. The van der Waals surface area contributed by atoms with Gasteiger partial charge in [0.15, 0.2) is 0 Å². The van der Waals surface area contributed by atoms with Gasteiger partial charge < -0.3 is 4.57 Å². The van der Waals surface area contributed by atoms with Crippen LogP contribution in [-0.2, 0) is 16.7 Å². The highest BCUT2D eigenvalue weighted by Gasteiger charge is 2.29. The zero-order valence-corrected chi connectivity index (χ0v) is 16.5. The van der Waals surface area contributed by atoms with Gasteiger partial charge >= 0.3 is 0 Å². The summed E-state index contributed by atoms with van der Waals surface area (Å²) in [5, 5.41) is 0. The molecule has 1 aliphatic heterocycles.